The highest BCUT2D eigenvalue weighted by molar-refractivity contribution is 4.76. The van der Waals surface area contributed by atoms with Crippen molar-refractivity contribution in [3.63, 3.8) is 0 Å². The van der Waals surface area contributed by atoms with Crippen LogP contribution in [0.5, 0.6) is 0 Å². The third-order valence-electron chi connectivity index (χ3n) is 3.12. The van der Waals surface area contributed by atoms with Crippen molar-refractivity contribution in [2.45, 2.75) is 39.5 Å². The van der Waals surface area contributed by atoms with Crippen molar-refractivity contribution >= 4 is 0 Å². The highest BCUT2D eigenvalue weighted by Gasteiger charge is 2.25. The van der Waals surface area contributed by atoms with Gasteiger partial charge >= 0.3 is 0 Å². The highest BCUT2D eigenvalue weighted by Crippen LogP contribution is 2.36. The predicted molar refractivity (Wildman–Crippen MR) is 47.4 cm³/mol. The first-order valence-electron chi connectivity index (χ1n) is 4.85. The second kappa shape index (κ2) is 4.10. The van der Waals surface area contributed by atoms with Crippen molar-refractivity contribution in [2.24, 2.45) is 17.8 Å². The van der Waals surface area contributed by atoms with Crippen molar-refractivity contribution in [1.29, 1.82) is 0 Å². The van der Waals surface area contributed by atoms with Gasteiger partial charge in [-0.05, 0) is 37.0 Å². The molecule has 0 saturated heterocycles. The first-order valence-corrected chi connectivity index (χ1v) is 4.85. The quantitative estimate of drug-likeness (QED) is 0.665. The van der Waals surface area contributed by atoms with Gasteiger partial charge in [0.05, 0.1) is 0 Å². The minimum absolute atomic E-state index is 0.367. The van der Waals surface area contributed by atoms with Crippen LogP contribution in [0.1, 0.15) is 39.5 Å². The van der Waals surface area contributed by atoms with Crippen LogP contribution in [-0.4, -0.2) is 11.7 Å². The van der Waals surface area contributed by atoms with E-state index in [9.17, 15) is 0 Å². The van der Waals surface area contributed by atoms with Gasteiger partial charge in [0.1, 0.15) is 0 Å². The molecule has 1 heteroatoms. The molecule has 0 aromatic heterocycles. The summed E-state index contributed by atoms with van der Waals surface area (Å²) < 4.78 is 0. The molecule has 0 heterocycles. The lowest BCUT2D eigenvalue weighted by molar-refractivity contribution is 0.228. The fourth-order valence-corrected chi connectivity index (χ4v) is 2.21. The third kappa shape index (κ3) is 2.48. The van der Waals surface area contributed by atoms with Crippen LogP contribution in [0.3, 0.4) is 0 Å². The Balaban J connectivity index is 2.25. The smallest absolute Gasteiger partial charge is 0.0433 e. The van der Waals surface area contributed by atoms with Gasteiger partial charge < -0.3 is 5.11 Å². The second-order valence-corrected chi connectivity index (χ2v) is 4.17. The Morgan fingerprint density at radius 1 is 1.45 bits per heavy atom. The molecule has 0 spiro atoms. The van der Waals surface area contributed by atoms with Crippen molar-refractivity contribution in [2.75, 3.05) is 6.61 Å². The molecule has 0 amide bonds. The molecule has 1 saturated carbocycles. The van der Waals surface area contributed by atoms with Crippen molar-refractivity contribution < 1.29 is 5.11 Å². The van der Waals surface area contributed by atoms with E-state index in [0.717, 1.165) is 24.2 Å². The molecule has 1 fully saturated rings. The molecule has 66 valence electrons. The summed E-state index contributed by atoms with van der Waals surface area (Å²) >= 11 is 0. The average Bonchev–Trinajstić information content (AvgIpc) is 2.36. The zero-order valence-corrected chi connectivity index (χ0v) is 7.71. The van der Waals surface area contributed by atoms with E-state index in [-0.39, 0.29) is 0 Å². The van der Waals surface area contributed by atoms with Crippen LogP contribution < -0.4 is 0 Å². The molecular weight excluding hydrogens is 136 g/mol. The minimum atomic E-state index is 0.367. The Labute approximate surface area is 69.8 Å². The zero-order chi connectivity index (χ0) is 8.27. The molecule has 1 aliphatic rings. The van der Waals surface area contributed by atoms with Gasteiger partial charge in [0, 0.05) is 6.61 Å². The van der Waals surface area contributed by atoms with Gasteiger partial charge in [0.15, 0.2) is 0 Å². The molecule has 11 heavy (non-hydrogen) atoms. The minimum Gasteiger partial charge on any atom is -0.396 e. The summed E-state index contributed by atoms with van der Waals surface area (Å²) in [6.45, 7) is 4.98. The van der Waals surface area contributed by atoms with E-state index < -0.39 is 0 Å². The van der Waals surface area contributed by atoms with E-state index in [4.69, 9.17) is 5.11 Å². The van der Waals surface area contributed by atoms with E-state index in [1.807, 2.05) is 0 Å². The first-order chi connectivity index (χ1) is 5.24. The van der Waals surface area contributed by atoms with E-state index in [1.165, 1.54) is 19.3 Å². The highest BCUT2D eigenvalue weighted by atomic mass is 16.3. The maximum Gasteiger partial charge on any atom is 0.0433 e. The Morgan fingerprint density at radius 3 is 2.64 bits per heavy atom. The molecule has 1 aliphatic carbocycles. The SMILES string of the molecule is CC1CCC(C(C)CCO)C1. The number of hydrogen-bond donors (Lipinski definition) is 1. The number of rotatable bonds is 3. The lowest BCUT2D eigenvalue weighted by Gasteiger charge is -2.17. The van der Waals surface area contributed by atoms with Crippen LogP contribution in [0.2, 0.25) is 0 Å². The lowest BCUT2D eigenvalue weighted by atomic mass is 9.89. The summed E-state index contributed by atoms with van der Waals surface area (Å²) in [5.74, 6) is 2.57. The summed E-state index contributed by atoms with van der Waals surface area (Å²) in [5, 5.41) is 8.76. The van der Waals surface area contributed by atoms with Crippen molar-refractivity contribution in [3.05, 3.63) is 0 Å². The fourth-order valence-electron chi connectivity index (χ4n) is 2.21. The molecule has 1 rings (SSSR count). The van der Waals surface area contributed by atoms with Crippen LogP contribution in [0.25, 0.3) is 0 Å². The monoisotopic (exact) mass is 156 g/mol. The summed E-state index contributed by atoms with van der Waals surface area (Å²) in [7, 11) is 0. The summed E-state index contributed by atoms with van der Waals surface area (Å²) in [4.78, 5) is 0. The lowest BCUT2D eigenvalue weighted by Crippen LogP contribution is -2.09. The molecule has 0 aliphatic heterocycles. The Morgan fingerprint density at radius 2 is 2.18 bits per heavy atom. The largest absolute Gasteiger partial charge is 0.396 e. The van der Waals surface area contributed by atoms with E-state index >= 15 is 0 Å². The van der Waals surface area contributed by atoms with Gasteiger partial charge in [-0.2, -0.15) is 0 Å². The van der Waals surface area contributed by atoms with Gasteiger partial charge in [0.2, 0.25) is 0 Å². The van der Waals surface area contributed by atoms with E-state index in [0.29, 0.717) is 6.61 Å². The normalized spacial score (nSPS) is 34.1. The van der Waals surface area contributed by atoms with Crippen LogP contribution in [0, 0.1) is 17.8 Å². The van der Waals surface area contributed by atoms with E-state index in [1.54, 1.807) is 0 Å². The summed E-state index contributed by atoms with van der Waals surface area (Å²) in [6, 6.07) is 0. The molecule has 0 aromatic rings. The number of hydrogen-bond acceptors (Lipinski definition) is 1. The zero-order valence-electron chi connectivity index (χ0n) is 7.71. The summed E-state index contributed by atoms with van der Waals surface area (Å²) in [6.07, 6.45) is 5.18. The maximum atomic E-state index is 8.76. The molecule has 3 atom stereocenters. The van der Waals surface area contributed by atoms with Gasteiger partial charge in [-0.15, -0.1) is 0 Å². The topological polar surface area (TPSA) is 20.2 Å². The van der Waals surface area contributed by atoms with Crippen molar-refractivity contribution in [3.8, 4) is 0 Å². The number of aliphatic hydroxyl groups excluding tert-OH is 1. The van der Waals surface area contributed by atoms with Gasteiger partial charge in [0.25, 0.3) is 0 Å². The van der Waals surface area contributed by atoms with Crippen molar-refractivity contribution in [1.82, 2.24) is 0 Å². The predicted octanol–water partition coefficient (Wildman–Crippen LogP) is 2.44. The third-order valence-corrected chi connectivity index (χ3v) is 3.12. The van der Waals surface area contributed by atoms with E-state index in [2.05, 4.69) is 13.8 Å². The van der Waals surface area contributed by atoms with Crippen LogP contribution in [0.15, 0.2) is 0 Å². The number of aliphatic hydroxyl groups is 1. The standard InChI is InChI=1S/C10H20O/c1-8-3-4-10(7-8)9(2)5-6-11/h8-11H,3-7H2,1-2H3. The molecule has 0 aromatic carbocycles. The second-order valence-electron chi connectivity index (χ2n) is 4.17. The molecule has 0 radical (unpaired) electrons. The molecule has 3 unspecified atom stereocenters. The molecule has 1 N–H and O–H groups in total. The average molecular weight is 156 g/mol. The van der Waals surface area contributed by atoms with Gasteiger partial charge in [-0.25, -0.2) is 0 Å². The Bertz CT molecular complexity index is 111. The molecular formula is C10H20O. The van der Waals surface area contributed by atoms with Crippen LogP contribution >= 0.6 is 0 Å². The first kappa shape index (κ1) is 9.05. The summed E-state index contributed by atoms with van der Waals surface area (Å²) in [5.41, 5.74) is 0. The van der Waals surface area contributed by atoms with Crippen LogP contribution in [-0.2, 0) is 0 Å². The fraction of sp³-hybridized carbons (Fsp3) is 1.00. The molecule has 0 bridgehead atoms. The maximum absolute atomic E-state index is 8.76. The Hall–Kier alpha value is -0.0400. The Kier molecular flexibility index (Phi) is 3.38. The van der Waals surface area contributed by atoms with Gasteiger partial charge in [-0.3, -0.25) is 0 Å². The molecule has 1 nitrogen and oxygen atoms in total. The van der Waals surface area contributed by atoms with Crippen LogP contribution in [0.4, 0.5) is 0 Å². The van der Waals surface area contributed by atoms with Gasteiger partial charge in [-0.1, -0.05) is 20.3 Å².